The van der Waals surface area contributed by atoms with Crippen LogP contribution in [0.4, 0.5) is 15.8 Å². The summed E-state index contributed by atoms with van der Waals surface area (Å²) >= 11 is 0. The van der Waals surface area contributed by atoms with Crippen molar-refractivity contribution >= 4 is 17.3 Å². The average Bonchev–Trinajstić information content (AvgIpc) is 2.38. The Labute approximate surface area is 117 Å². The highest BCUT2D eigenvalue weighted by Gasteiger charge is 2.15. The molecule has 0 aliphatic rings. The van der Waals surface area contributed by atoms with Crippen molar-refractivity contribution in [1.29, 1.82) is 0 Å². The highest BCUT2D eigenvalue weighted by molar-refractivity contribution is 6.05. The van der Waals surface area contributed by atoms with Crippen molar-refractivity contribution in [3.63, 3.8) is 0 Å². The van der Waals surface area contributed by atoms with Gasteiger partial charge in [0, 0.05) is 11.4 Å². The van der Waals surface area contributed by atoms with Gasteiger partial charge in [0.2, 0.25) is 0 Å². The van der Waals surface area contributed by atoms with Crippen molar-refractivity contribution in [2.24, 2.45) is 0 Å². The van der Waals surface area contributed by atoms with Gasteiger partial charge < -0.3 is 11.1 Å². The number of nitrogen functional groups attached to an aromatic ring is 1. The van der Waals surface area contributed by atoms with Gasteiger partial charge in [-0.05, 0) is 55.7 Å². The molecule has 0 bridgehead atoms. The van der Waals surface area contributed by atoms with E-state index in [-0.39, 0.29) is 5.56 Å². The molecule has 0 unspecified atom stereocenters. The van der Waals surface area contributed by atoms with Gasteiger partial charge in [-0.2, -0.15) is 0 Å². The van der Waals surface area contributed by atoms with Gasteiger partial charge in [0.15, 0.2) is 0 Å². The van der Waals surface area contributed by atoms with Crippen LogP contribution in [0.3, 0.4) is 0 Å². The number of halogens is 1. The van der Waals surface area contributed by atoms with Gasteiger partial charge in [0.1, 0.15) is 5.82 Å². The van der Waals surface area contributed by atoms with E-state index in [1.54, 1.807) is 6.92 Å². The molecule has 2 rings (SSSR count). The fourth-order valence-corrected chi connectivity index (χ4v) is 2.02. The molecule has 0 radical (unpaired) electrons. The summed E-state index contributed by atoms with van der Waals surface area (Å²) in [6.45, 7) is 5.40. The number of carbonyl (C=O) groups is 1. The van der Waals surface area contributed by atoms with Crippen molar-refractivity contribution in [1.82, 2.24) is 0 Å². The van der Waals surface area contributed by atoms with Crippen LogP contribution >= 0.6 is 0 Å². The Bertz CT molecular complexity index is 680. The largest absolute Gasteiger partial charge is 0.399 e. The molecule has 2 aromatic carbocycles. The van der Waals surface area contributed by atoms with E-state index < -0.39 is 11.7 Å². The Balaban J connectivity index is 2.35. The molecule has 0 aromatic heterocycles. The van der Waals surface area contributed by atoms with Crippen LogP contribution in [0.15, 0.2) is 30.3 Å². The number of aryl methyl sites for hydroxylation is 3. The molecule has 0 atom stereocenters. The summed E-state index contributed by atoms with van der Waals surface area (Å²) in [4.78, 5) is 12.2. The van der Waals surface area contributed by atoms with E-state index in [0.717, 1.165) is 11.1 Å². The van der Waals surface area contributed by atoms with Crippen LogP contribution in [0, 0.1) is 26.6 Å². The summed E-state index contributed by atoms with van der Waals surface area (Å²) in [6, 6.07) is 8.57. The summed E-state index contributed by atoms with van der Waals surface area (Å²) in [6.07, 6.45) is 0. The number of hydrogen-bond acceptors (Lipinski definition) is 2. The molecule has 20 heavy (non-hydrogen) atoms. The number of carbonyl (C=O) groups excluding carboxylic acids is 1. The lowest BCUT2D eigenvalue weighted by atomic mass is 10.1. The molecular weight excluding hydrogens is 255 g/mol. The fourth-order valence-electron chi connectivity index (χ4n) is 2.02. The van der Waals surface area contributed by atoms with Crippen molar-refractivity contribution < 1.29 is 9.18 Å². The lowest BCUT2D eigenvalue weighted by Gasteiger charge is -2.11. The second kappa shape index (κ2) is 5.33. The van der Waals surface area contributed by atoms with Gasteiger partial charge in [0.25, 0.3) is 5.91 Å². The summed E-state index contributed by atoms with van der Waals surface area (Å²) in [7, 11) is 0. The summed E-state index contributed by atoms with van der Waals surface area (Å²) in [5.74, 6) is -1.03. The third kappa shape index (κ3) is 2.79. The number of nitrogens with one attached hydrogen (secondary N) is 1. The van der Waals surface area contributed by atoms with Gasteiger partial charge >= 0.3 is 0 Å². The number of anilines is 2. The summed E-state index contributed by atoms with van der Waals surface area (Å²) in [5, 5.41) is 2.73. The molecule has 3 nitrogen and oxygen atoms in total. The SMILES string of the molecule is Cc1ccc(C)c(NC(=O)c2cc(N)cc(C)c2F)c1. The zero-order valence-electron chi connectivity index (χ0n) is 11.8. The Morgan fingerprint density at radius 3 is 2.50 bits per heavy atom. The summed E-state index contributed by atoms with van der Waals surface area (Å²) in [5.41, 5.74) is 8.98. The quantitative estimate of drug-likeness (QED) is 0.821. The van der Waals surface area contributed by atoms with Crippen LogP contribution in [0.1, 0.15) is 27.0 Å². The van der Waals surface area contributed by atoms with Gasteiger partial charge in [-0.3, -0.25) is 4.79 Å². The maximum atomic E-state index is 14.0. The predicted octanol–water partition coefficient (Wildman–Crippen LogP) is 3.59. The van der Waals surface area contributed by atoms with Gasteiger partial charge in [0.05, 0.1) is 5.56 Å². The minimum Gasteiger partial charge on any atom is -0.399 e. The van der Waals surface area contributed by atoms with E-state index in [1.807, 2.05) is 32.0 Å². The van der Waals surface area contributed by atoms with Crippen LogP contribution in [-0.2, 0) is 0 Å². The monoisotopic (exact) mass is 272 g/mol. The molecule has 0 aliphatic heterocycles. The number of hydrogen-bond donors (Lipinski definition) is 2. The zero-order valence-corrected chi connectivity index (χ0v) is 11.8. The minimum atomic E-state index is -0.540. The first-order valence-electron chi connectivity index (χ1n) is 6.32. The number of amides is 1. The average molecular weight is 272 g/mol. The van der Waals surface area contributed by atoms with E-state index >= 15 is 0 Å². The topological polar surface area (TPSA) is 55.1 Å². The van der Waals surface area contributed by atoms with Crippen LogP contribution in [0.2, 0.25) is 0 Å². The smallest absolute Gasteiger partial charge is 0.258 e. The van der Waals surface area contributed by atoms with E-state index in [9.17, 15) is 9.18 Å². The molecule has 0 fully saturated rings. The summed E-state index contributed by atoms with van der Waals surface area (Å²) < 4.78 is 14.0. The van der Waals surface area contributed by atoms with Gasteiger partial charge in [-0.25, -0.2) is 4.39 Å². The maximum absolute atomic E-state index is 14.0. The third-order valence-electron chi connectivity index (χ3n) is 3.16. The number of rotatable bonds is 2. The Morgan fingerprint density at radius 2 is 1.80 bits per heavy atom. The molecule has 3 N–H and O–H groups in total. The van der Waals surface area contributed by atoms with Crippen molar-refractivity contribution in [3.8, 4) is 0 Å². The molecule has 0 saturated heterocycles. The van der Waals surface area contributed by atoms with E-state index in [2.05, 4.69) is 5.32 Å². The van der Waals surface area contributed by atoms with Crippen LogP contribution < -0.4 is 11.1 Å². The normalized spacial score (nSPS) is 10.4. The van der Waals surface area contributed by atoms with Gasteiger partial charge in [-0.15, -0.1) is 0 Å². The van der Waals surface area contributed by atoms with Crippen molar-refractivity contribution in [3.05, 3.63) is 58.4 Å². The van der Waals surface area contributed by atoms with Crippen molar-refractivity contribution in [2.75, 3.05) is 11.1 Å². The molecular formula is C16H17FN2O. The third-order valence-corrected chi connectivity index (χ3v) is 3.16. The minimum absolute atomic E-state index is 0.0385. The fraction of sp³-hybridized carbons (Fsp3) is 0.188. The Morgan fingerprint density at radius 1 is 1.10 bits per heavy atom. The molecule has 0 saturated carbocycles. The molecule has 0 aliphatic carbocycles. The Hall–Kier alpha value is -2.36. The van der Waals surface area contributed by atoms with Gasteiger partial charge in [-0.1, -0.05) is 12.1 Å². The molecule has 0 heterocycles. The van der Waals surface area contributed by atoms with Crippen LogP contribution in [-0.4, -0.2) is 5.91 Å². The maximum Gasteiger partial charge on any atom is 0.258 e. The Kier molecular flexibility index (Phi) is 3.74. The zero-order chi connectivity index (χ0) is 14.9. The predicted molar refractivity (Wildman–Crippen MR) is 79.4 cm³/mol. The first-order valence-corrected chi connectivity index (χ1v) is 6.32. The molecule has 2 aromatic rings. The van der Waals surface area contributed by atoms with Crippen LogP contribution in [0.5, 0.6) is 0 Å². The number of nitrogens with two attached hydrogens (primary N) is 1. The highest BCUT2D eigenvalue weighted by Crippen LogP contribution is 2.21. The van der Waals surface area contributed by atoms with Crippen molar-refractivity contribution in [2.45, 2.75) is 20.8 Å². The molecule has 4 heteroatoms. The molecule has 1 amide bonds. The van der Waals surface area contributed by atoms with Crippen LogP contribution in [0.25, 0.3) is 0 Å². The van der Waals surface area contributed by atoms with E-state index in [4.69, 9.17) is 5.73 Å². The second-order valence-corrected chi connectivity index (χ2v) is 4.97. The first kappa shape index (κ1) is 14.1. The second-order valence-electron chi connectivity index (χ2n) is 4.97. The molecule has 0 spiro atoms. The lowest BCUT2D eigenvalue weighted by molar-refractivity contribution is 0.102. The standard InChI is InChI=1S/C16H17FN2O/c1-9-4-5-10(2)14(6-9)19-16(20)13-8-12(18)7-11(3)15(13)17/h4-8H,18H2,1-3H3,(H,19,20). The lowest BCUT2D eigenvalue weighted by Crippen LogP contribution is -2.15. The van der Waals surface area contributed by atoms with E-state index in [1.165, 1.54) is 12.1 Å². The highest BCUT2D eigenvalue weighted by atomic mass is 19.1. The van der Waals surface area contributed by atoms with E-state index in [0.29, 0.717) is 16.9 Å². The first-order chi connectivity index (χ1) is 9.38. The molecule has 104 valence electrons. The number of benzene rings is 2.